The Morgan fingerprint density at radius 2 is 2.20 bits per heavy atom. The number of benzene rings is 1. The van der Waals surface area contributed by atoms with Crippen LogP contribution < -0.4 is 9.47 Å². The molecule has 4 heteroatoms. The lowest BCUT2D eigenvalue weighted by molar-refractivity contribution is 0.174. The number of ether oxygens (including phenoxy) is 2. The molecule has 1 saturated heterocycles. The van der Waals surface area contributed by atoms with E-state index in [9.17, 15) is 0 Å². The van der Waals surface area contributed by atoms with E-state index in [4.69, 9.17) is 9.47 Å². The first kappa shape index (κ1) is 9.48. The summed E-state index contributed by atoms with van der Waals surface area (Å²) in [6.45, 7) is 2.55. The molecule has 2 atom stereocenters. The molecule has 80 valence electrons. The van der Waals surface area contributed by atoms with E-state index in [-0.39, 0.29) is 0 Å². The lowest BCUT2D eigenvalue weighted by Gasteiger charge is -2.04. The first-order valence-electron chi connectivity index (χ1n) is 5.05. The summed E-state index contributed by atoms with van der Waals surface area (Å²) in [4.78, 5) is 2.42. The SMILES string of the molecule is BrC[C@H]1CN1Cc1ccc2c(c1)OCO2. The van der Waals surface area contributed by atoms with Gasteiger partial charge in [-0.25, -0.2) is 0 Å². The fourth-order valence-corrected chi connectivity index (χ4v) is 2.45. The Hall–Kier alpha value is -0.740. The summed E-state index contributed by atoms with van der Waals surface area (Å²) >= 11 is 3.49. The molecule has 0 spiro atoms. The van der Waals surface area contributed by atoms with Crippen LogP contribution >= 0.6 is 15.9 Å². The molecule has 0 aliphatic carbocycles. The fourth-order valence-electron chi connectivity index (χ4n) is 1.84. The Morgan fingerprint density at radius 1 is 1.33 bits per heavy atom. The molecular weight excluding hydrogens is 258 g/mol. The van der Waals surface area contributed by atoms with E-state index in [1.54, 1.807) is 0 Å². The predicted octanol–water partition coefficient (Wildman–Crippen LogP) is 1.99. The van der Waals surface area contributed by atoms with Gasteiger partial charge in [0.25, 0.3) is 0 Å². The molecule has 2 aliphatic rings. The van der Waals surface area contributed by atoms with Crippen LogP contribution in [-0.4, -0.2) is 29.6 Å². The van der Waals surface area contributed by atoms with Crippen LogP contribution in [0.15, 0.2) is 18.2 Å². The summed E-state index contributed by atoms with van der Waals surface area (Å²) in [5.74, 6) is 1.74. The zero-order valence-electron chi connectivity index (χ0n) is 8.28. The third-order valence-electron chi connectivity index (χ3n) is 2.83. The number of hydrogen-bond donors (Lipinski definition) is 0. The van der Waals surface area contributed by atoms with Crippen LogP contribution in [0, 0.1) is 0 Å². The highest BCUT2D eigenvalue weighted by Crippen LogP contribution is 2.33. The van der Waals surface area contributed by atoms with Crippen molar-refractivity contribution < 1.29 is 9.47 Å². The largest absolute Gasteiger partial charge is 0.454 e. The molecule has 0 aromatic heterocycles. The Morgan fingerprint density at radius 3 is 3.00 bits per heavy atom. The summed E-state index contributed by atoms with van der Waals surface area (Å²) in [6.07, 6.45) is 0. The van der Waals surface area contributed by atoms with Gasteiger partial charge in [0.2, 0.25) is 6.79 Å². The van der Waals surface area contributed by atoms with Crippen molar-refractivity contribution in [3.05, 3.63) is 23.8 Å². The van der Waals surface area contributed by atoms with Gasteiger partial charge in [-0.3, -0.25) is 4.90 Å². The molecule has 0 bridgehead atoms. The number of fused-ring (bicyclic) bond motifs is 1. The number of nitrogens with zero attached hydrogens (tertiary/aromatic N) is 1. The van der Waals surface area contributed by atoms with Crippen molar-refractivity contribution in [2.24, 2.45) is 0 Å². The number of alkyl halides is 1. The lowest BCUT2D eigenvalue weighted by Crippen LogP contribution is -2.02. The molecule has 1 aromatic rings. The quantitative estimate of drug-likeness (QED) is 0.619. The normalized spacial score (nSPS) is 26.7. The summed E-state index contributed by atoms with van der Waals surface area (Å²) in [6, 6.07) is 6.89. The standard InChI is InChI=1S/C11H12BrNO2/c12-4-9-6-13(9)5-8-1-2-10-11(3-8)15-7-14-10/h1-3,9H,4-7H2/t9-,13?/m0/s1. The van der Waals surface area contributed by atoms with Crippen molar-refractivity contribution in [1.29, 1.82) is 0 Å². The molecule has 2 heterocycles. The number of hydrogen-bond acceptors (Lipinski definition) is 3. The second-order valence-electron chi connectivity index (χ2n) is 3.93. The topological polar surface area (TPSA) is 21.5 Å². The number of halogens is 1. The summed E-state index contributed by atoms with van der Waals surface area (Å²) < 4.78 is 10.6. The molecular formula is C11H12BrNO2. The molecule has 0 radical (unpaired) electrons. The lowest BCUT2D eigenvalue weighted by atomic mass is 10.2. The van der Waals surface area contributed by atoms with Crippen LogP contribution in [0.5, 0.6) is 11.5 Å². The van der Waals surface area contributed by atoms with Crippen molar-refractivity contribution >= 4 is 15.9 Å². The van der Waals surface area contributed by atoms with Crippen LogP contribution in [0.25, 0.3) is 0 Å². The van der Waals surface area contributed by atoms with Gasteiger partial charge in [-0.1, -0.05) is 22.0 Å². The first-order chi connectivity index (χ1) is 7.36. The van der Waals surface area contributed by atoms with Gasteiger partial charge in [0.1, 0.15) is 0 Å². The van der Waals surface area contributed by atoms with E-state index < -0.39 is 0 Å². The summed E-state index contributed by atoms with van der Waals surface area (Å²) in [5.41, 5.74) is 1.29. The molecule has 0 amide bonds. The van der Waals surface area contributed by atoms with E-state index in [2.05, 4.69) is 33.0 Å². The summed E-state index contributed by atoms with van der Waals surface area (Å²) in [5, 5.41) is 1.07. The third-order valence-corrected chi connectivity index (χ3v) is 3.58. The Labute approximate surface area is 97.1 Å². The van der Waals surface area contributed by atoms with E-state index >= 15 is 0 Å². The van der Waals surface area contributed by atoms with Gasteiger partial charge in [-0.2, -0.15) is 0 Å². The van der Waals surface area contributed by atoms with Crippen molar-refractivity contribution in [2.75, 3.05) is 18.7 Å². The van der Waals surface area contributed by atoms with Crippen LogP contribution in [0.3, 0.4) is 0 Å². The van der Waals surface area contributed by atoms with Crippen LogP contribution in [-0.2, 0) is 6.54 Å². The van der Waals surface area contributed by atoms with E-state index in [0.717, 1.165) is 29.4 Å². The highest BCUT2D eigenvalue weighted by Gasteiger charge is 2.32. The van der Waals surface area contributed by atoms with Gasteiger partial charge in [0.05, 0.1) is 0 Å². The van der Waals surface area contributed by atoms with Crippen molar-refractivity contribution in [2.45, 2.75) is 12.6 Å². The highest BCUT2D eigenvalue weighted by atomic mass is 79.9. The molecule has 3 rings (SSSR count). The average Bonchev–Trinajstić information content (AvgIpc) is 2.84. The van der Waals surface area contributed by atoms with Crippen LogP contribution in [0.4, 0.5) is 0 Å². The monoisotopic (exact) mass is 269 g/mol. The van der Waals surface area contributed by atoms with E-state index in [1.165, 1.54) is 12.1 Å². The second-order valence-corrected chi connectivity index (χ2v) is 4.57. The maximum atomic E-state index is 5.34. The van der Waals surface area contributed by atoms with Crippen LogP contribution in [0.2, 0.25) is 0 Å². The molecule has 0 N–H and O–H groups in total. The fraction of sp³-hybridized carbons (Fsp3) is 0.455. The smallest absolute Gasteiger partial charge is 0.231 e. The average molecular weight is 270 g/mol. The van der Waals surface area contributed by atoms with Gasteiger partial charge in [0.15, 0.2) is 11.5 Å². The molecule has 1 unspecified atom stereocenters. The minimum Gasteiger partial charge on any atom is -0.454 e. The third kappa shape index (κ3) is 1.84. The highest BCUT2D eigenvalue weighted by molar-refractivity contribution is 9.09. The maximum Gasteiger partial charge on any atom is 0.231 e. The molecule has 2 aliphatic heterocycles. The Balaban J connectivity index is 1.71. The second kappa shape index (κ2) is 3.68. The first-order valence-corrected chi connectivity index (χ1v) is 6.17. The zero-order chi connectivity index (χ0) is 10.3. The van der Waals surface area contributed by atoms with Gasteiger partial charge >= 0.3 is 0 Å². The van der Waals surface area contributed by atoms with Crippen molar-refractivity contribution in [3.63, 3.8) is 0 Å². The molecule has 3 nitrogen and oxygen atoms in total. The van der Waals surface area contributed by atoms with E-state index in [1.807, 2.05) is 6.07 Å². The molecule has 1 aromatic carbocycles. The minimum absolute atomic E-state index is 0.354. The maximum absolute atomic E-state index is 5.34. The van der Waals surface area contributed by atoms with Crippen LogP contribution in [0.1, 0.15) is 5.56 Å². The predicted molar refractivity (Wildman–Crippen MR) is 60.6 cm³/mol. The Bertz CT molecular complexity index is 383. The number of rotatable bonds is 3. The van der Waals surface area contributed by atoms with E-state index in [0.29, 0.717) is 6.79 Å². The molecule has 15 heavy (non-hydrogen) atoms. The molecule has 0 saturated carbocycles. The van der Waals surface area contributed by atoms with Gasteiger partial charge in [0, 0.05) is 24.5 Å². The zero-order valence-corrected chi connectivity index (χ0v) is 9.87. The van der Waals surface area contributed by atoms with Crippen molar-refractivity contribution in [1.82, 2.24) is 4.90 Å². The molecule has 1 fully saturated rings. The minimum atomic E-state index is 0.354. The Kier molecular flexibility index (Phi) is 2.33. The van der Waals surface area contributed by atoms with Gasteiger partial charge in [-0.15, -0.1) is 0 Å². The van der Waals surface area contributed by atoms with Crippen molar-refractivity contribution in [3.8, 4) is 11.5 Å². The summed E-state index contributed by atoms with van der Waals surface area (Å²) in [7, 11) is 0. The van der Waals surface area contributed by atoms with Gasteiger partial charge < -0.3 is 9.47 Å². The van der Waals surface area contributed by atoms with Gasteiger partial charge in [-0.05, 0) is 17.7 Å².